The van der Waals surface area contributed by atoms with Crippen molar-refractivity contribution >= 4 is 23.2 Å². The minimum absolute atomic E-state index is 0.0171. The zero-order chi connectivity index (χ0) is 26.7. The average molecular weight is 530 g/mol. The second kappa shape index (κ2) is 10.7. The Labute approximate surface area is 215 Å². The number of alkyl halides is 3. The summed E-state index contributed by atoms with van der Waals surface area (Å²) in [6.07, 6.45) is 1.60. The topological polar surface area (TPSA) is 97.6 Å². The van der Waals surface area contributed by atoms with Gasteiger partial charge in [0.2, 0.25) is 0 Å². The van der Waals surface area contributed by atoms with Gasteiger partial charge in [-0.2, -0.15) is 13.2 Å². The van der Waals surface area contributed by atoms with Crippen molar-refractivity contribution in [3.05, 3.63) is 82.5 Å². The maximum Gasteiger partial charge on any atom is 0.417 e. The van der Waals surface area contributed by atoms with E-state index in [-0.39, 0.29) is 29.4 Å². The van der Waals surface area contributed by atoms with Crippen LogP contribution in [0.5, 0.6) is 0 Å². The van der Waals surface area contributed by atoms with Crippen molar-refractivity contribution < 1.29 is 18.0 Å². The molecular formula is C25H23ClF3N7O. The number of carbonyl (C=O) groups excluding carboxylic acids is 1. The van der Waals surface area contributed by atoms with E-state index < -0.39 is 22.7 Å². The molecule has 2 aromatic carbocycles. The van der Waals surface area contributed by atoms with Gasteiger partial charge >= 0.3 is 6.18 Å². The zero-order valence-electron chi connectivity index (χ0n) is 20.1. The molecule has 2 N–H and O–H groups in total. The van der Waals surface area contributed by atoms with Crippen molar-refractivity contribution in [1.82, 2.24) is 30.3 Å². The third kappa shape index (κ3) is 6.12. The standard InChI is InChI=1S/C25H23ClF3N7O/c1-14(2)32-11-17-6-19(8-20(23(17)26)25(27,28)29)33-24(37)16-5-4-15(3)22(7-16)36-12-21(34-35-36)18-9-30-13-31-10-18/h4-10,12-14,32H,11H2,1-3H3,(H,33,37). The Bertz CT molecular complexity index is 1420. The van der Waals surface area contributed by atoms with Gasteiger partial charge in [0.25, 0.3) is 5.91 Å². The summed E-state index contributed by atoms with van der Waals surface area (Å²) in [6, 6.07) is 7.19. The highest BCUT2D eigenvalue weighted by Gasteiger charge is 2.35. The molecule has 0 unspecified atom stereocenters. The molecule has 0 atom stereocenters. The van der Waals surface area contributed by atoms with E-state index in [1.54, 1.807) is 36.8 Å². The first kappa shape index (κ1) is 26.2. The monoisotopic (exact) mass is 529 g/mol. The first-order valence-electron chi connectivity index (χ1n) is 11.3. The summed E-state index contributed by atoms with van der Waals surface area (Å²) in [6.45, 7) is 5.68. The summed E-state index contributed by atoms with van der Waals surface area (Å²) in [5.41, 5.74) is 2.02. The molecule has 0 fully saturated rings. The van der Waals surface area contributed by atoms with Gasteiger partial charge in [-0.25, -0.2) is 14.6 Å². The van der Waals surface area contributed by atoms with E-state index in [2.05, 4.69) is 30.9 Å². The highest BCUT2D eigenvalue weighted by Crippen LogP contribution is 2.38. The second-order valence-electron chi connectivity index (χ2n) is 8.66. The number of halogens is 4. The van der Waals surface area contributed by atoms with E-state index in [0.29, 0.717) is 16.9 Å². The van der Waals surface area contributed by atoms with Crippen LogP contribution in [0.3, 0.4) is 0 Å². The minimum Gasteiger partial charge on any atom is -0.322 e. The van der Waals surface area contributed by atoms with E-state index in [1.807, 2.05) is 20.8 Å². The number of aryl methyl sites for hydroxylation is 1. The summed E-state index contributed by atoms with van der Waals surface area (Å²) in [4.78, 5) is 21.0. The predicted octanol–water partition coefficient (Wildman–Crippen LogP) is 5.46. The molecule has 0 radical (unpaired) electrons. The molecule has 2 aromatic heterocycles. The Morgan fingerprint density at radius 1 is 1.14 bits per heavy atom. The number of anilines is 1. The number of rotatable bonds is 7. The Hall–Kier alpha value is -3.83. The molecule has 1 amide bonds. The highest BCUT2D eigenvalue weighted by atomic mass is 35.5. The molecule has 0 bridgehead atoms. The first-order chi connectivity index (χ1) is 17.5. The number of nitrogens with one attached hydrogen (secondary N) is 2. The van der Waals surface area contributed by atoms with Crippen LogP contribution >= 0.6 is 11.6 Å². The van der Waals surface area contributed by atoms with E-state index >= 15 is 0 Å². The van der Waals surface area contributed by atoms with E-state index in [9.17, 15) is 18.0 Å². The van der Waals surface area contributed by atoms with Crippen molar-refractivity contribution in [3.8, 4) is 16.9 Å². The van der Waals surface area contributed by atoms with Crippen LogP contribution in [0.4, 0.5) is 18.9 Å². The fourth-order valence-corrected chi connectivity index (χ4v) is 3.83. The van der Waals surface area contributed by atoms with Gasteiger partial charge in [0, 0.05) is 41.8 Å². The lowest BCUT2D eigenvalue weighted by molar-refractivity contribution is -0.137. The Kier molecular flexibility index (Phi) is 7.55. The van der Waals surface area contributed by atoms with Crippen molar-refractivity contribution in [2.75, 3.05) is 5.32 Å². The molecule has 2 heterocycles. The molecule has 0 saturated carbocycles. The number of hydrogen-bond acceptors (Lipinski definition) is 6. The molecule has 37 heavy (non-hydrogen) atoms. The normalized spacial score (nSPS) is 11.7. The number of amides is 1. The molecule has 0 saturated heterocycles. The summed E-state index contributed by atoms with van der Waals surface area (Å²) in [5.74, 6) is -0.587. The van der Waals surface area contributed by atoms with Crippen LogP contribution < -0.4 is 10.6 Å². The molecule has 0 aliphatic heterocycles. The number of benzene rings is 2. The van der Waals surface area contributed by atoms with Gasteiger partial charge in [0.05, 0.1) is 22.5 Å². The second-order valence-corrected chi connectivity index (χ2v) is 9.04. The lowest BCUT2D eigenvalue weighted by Crippen LogP contribution is -2.23. The minimum atomic E-state index is -4.68. The molecule has 8 nitrogen and oxygen atoms in total. The van der Waals surface area contributed by atoms with Crippen LogP contribution in [0.25, 0.3) is 16.9 Å². The van der Waals surface area contributed by atoms with Crippen molar-refractivity contribution in [1.29, 1.82) is 0 Å². The third-order valence-electron chi connectivity index (χ3n) is 5.48. The Morgan fingerprint density at radius 3 is 2.54 bits per heavy atom. The third-order valence-corrected chi connectivity index (χ3v) is 5.93. The Balaban J connectivity index is 1.63. The number of nitrogens with zero attached hydrogens (tertiary/aromatic N) is 5. The van der Waals surface area contributed by atoms with Gasteiger partial charge in [-0.3, -0.25) is 4.79 Å². The summed E-state index contributed by atoms with van der Waals surface area (Å²) in [7, 11) is 0. The largest absolute Gasteiger partial charge is 0.417 e. The van der Waals surface area contributed by atoms with E-state index in [0.717, 1.165) is 11.6 Å². The van der Waals surface area contributed by atoms with E-state index in [1.165, 1.54) is 17.1 Å². The van der Waals surface area contributed by atoms with Crippen molar-refractivity contribution in [3.63, 3.8) is 0 Å². The lowest BCUT2D eigenvalue weighted by atomic mass is 10.1. The average Bonchev–Trinajstić information content (AvgIpc) is 3.34. The van der Waals surface area contributed by atoms with Crippen LogP contribution in [-0.4, -0.2) is 36.9 Å². The SMILES string of the molecule is Cc1ccc(C(=O)Nc2cc(CNC(C)C)c(Cl)c(C(F)(F)F)c2)cc1-n1cc(-c2cncnc2)nn1. The number of hydrogen-bond donors (Lipinski definition) is 2. The smallest absolute Gasteiger partial charge is 0.322 e. The highest BCUT2D eigenvalue weighted by molar-refractivity contribution is 6.32. The van der Waals surface area contributed by atoms with Crippen LogP contribution in [0.1, 0.15) is 40.9 Å². The van der Waals surface area contributed by atoms with Gasteiger partial charge in [0.1, 0.15) is 12.0 Å². The summed E-state index contributed by atoms with van der Waals surface area (Å²) >= 11 is 6.06. The van der Waals surface area contributed by atoms with Crippen LogP contribution in [0, 0.1) is 6.92 Å². The Morgan fingerprint density at radius 2 is 1.86 bits per heavy atom. The summed E-state index contributed by atoms with van der Waals surface area (Å²) < 4.78 is 42.4. The van der Waals surface area contributed by atoms with Crippen molar-refractivity contribution in [2.24, 2.45) is 0 Å². The maximum atomic E-state index is 13.6. The molecule has 192 valence electrons. The van der Waals surface area contributed by atoms with Gasteiger partial charge in [-0.1, -0.05) is 36.7 Å². The van der Waals surface area contributed by atoms with Crippen LogP contribution in [0.2, 0.25) is 5.02 Å². The maximum absolute atomic E-state index is 13.6. The fraction of sp³-hybridized carbons (Fsp3) is 0.240. The van der Waals surface area contributed by atoms with Gasteiger partial charge in [0.15, 0.2) is 0 Å². The molecule has 4 aromatic rings. The molecular weight excluding hydrogens is 507 g/mol. The van der Waals surface area contributed by atoms with Crippen LogP contribution in [-0.2, 0) is 12.7 Å². The molecule has 12 heteroatoms. The van der Waals surface area contributed by atoms with Gasteiger partial charge in [-0.05, 0) is 42.3 Å². The van der Waals surface area contributed by atoms with Gasteiger partial charge in [-0.15, -0.1) is 5.10 Å². The first-order valence-corrected chi connectivity index (χ1v) is 11.6. The zero-order valence-corrected chi connectivity index (χ0v) is 20.9. The number of carbonyl (C=O) groups is 1. The lowest BCUT2D eigenvalue weighted by Gasteiger charge is -2.17. The quantitative estimate of drug-likeness (QED) is 0.330. The summed E-state index contributed by atoms with van der Waals surface area (Å²) in [5, 5.41) is 13.5. The van der Waals surface area contributed by atoms with E-state index in [4.69, 9.17) is 11.6 Å². The van der Waals surface area contributed by atoms with Gasteiger partial charge < -0.3 is 10.6 Å². The molecule has 0 aliphatic carbocycles. The van der Waals surface area contributed by atoms with Crippen molar-refractivity contribution in [2.45, 2.75) is 39.5 Å². The molecule has 0 aliphatic rings. The fourth-order valence-electron chi connectivity index (χ4n) is 3.55. The molecule has 0 spiro atoms. The molecule has 4 rings (SSSR count). The predicted molar refractivity (Wildman–Crippen MR) is 134 cm³/mol. The van der Waals surface area contributed by atoms with Crippen LogP contribution in [0.15, 0.2) is 55.2 Å². The number of aromatic nitrogens is 5.